The Labute approximate surface area is 145 Å². The lowest BCUT2D eigenvalue weighted by Crippen LogP contribution is -2.49. The molecule has 2 N–H and O–H groups in total. The molecular formula is C19H31N3O2. The maximum Gasteiger partial charge on any atom is 0.317 e. The molecule has 2 amide bonds. The zero-order valence-corrected chi connectivity index (χ0v) is 14.9. The highest BCUT2D eigenvalue weighted by atomic mass is 16.3. The highest BCUT2D eigenvalue weighted by Crippen LogP contribution is 2.17. The fraction of sp³-hybridized carbons (Fsp3) is 0.632. The van der Waals surface area contributed by atoms with Crippen LogP contribution in [-0.2, 0) is 6.54 Å². The van der Waals surface area contributed by atoms with Gasteiger partial charge in [0, 0.05) is 32.2 Å². The van der Waals surface area contributed by atoms with Crippen LogP contribution >= 0.6 is 0 Å². The largest absolute Gasteiger partial charge is 0.395 e. The van der Waals surface area contributed by atoms with Gasteiger partial charge < -0.3 is 15.3 Å². The third kappa shape index (κ3) is 5.80. The molecule has 5 heteroatoms. The van der Waals surface area contributed by atoms with Gasteiger partial charge in [0.05, 0.1) is 6.61 Å². The quantitative estimate of drug-likeness (QED) is 0.805. The Morgan fingerprint density at radius 1 is 1.42 bits per heavy atom. The van der Waals surface area contributed by atoms with Gasteiger partial charge >= 0.3 is 6.03 Å². The Balaban J connectivity index is 1.83. The monoisotopic (exact) mass is 333 g/mol. The smallest absolute Gasteiger partial charge is 0.317 e. The molecular weight excluding hydrogens is 302 g/mol. The zero-order valence-electron chi connectivity index (χ0n) is 14.9. The maximum atomic E-state index is 12.5. The van der Waals surface area contributed by atoms with E-state index < -0.39 is 0 Å². The van der Waals surface area contributed by atoms with E-state index in [2.05, 4.69) is 24.1 Å². The number of carbonyl (C=O) groups excluding carboxylic acids is 1. The molecule has 0 saturated carbocycles. The lowest BCUT2D eigenvalue weighted by molar-refractivity contribution is 0.132. The Morgan fingerprint density at radius 3 is 2.83 bits per heavy atom. The number of likely N-dealkylation sites (tertiary alicyclic amines) is 1. The second-order valence-corrected chi connectivity index (χ2v) is 6.91. The van der Waals surface area contributed by atoms with Crippen LogP contribution in [0.4, 0.5) is 4.79 Å². The van der Waals surface area contributed by atoms with Gasteiger partial charge in [-0.1, -0.05) is 37.3 Å². The van der Waals surface area contributed by atoms with E-state index in [-0.39, 0.29) is 12.6 Å². The molecule has 1 saturated heterocycles. The number of benzene rings is 1. The van der Waals surface area contributed by atoms with Crippen LogP contribution in [0.1, 0.15) is 32.3 Å². The summed E-state index contributed by atoms with van der Waals surface area (Å²) in [6.07, 6.45) is 2.54. The number of aliphatic hydroxyl groups excluding tert-OH is 1. The van der Waals surface area contributed by atoms with Crippen LogP contribution in [0.15, 0.2) is 30.3 Å². The van der Waals surface area contributed by atoms with Gasteiger partial charge in [0.2, 0.25) is 0 Å². The lowest BCUT2D eigenvalue weighted by atomic mass is 9.99. The number of amides is 2. The number of nitrogens with one attached hydrogen (secondary N) is 1. The Morgan fingerprint density at radius 2 is 2.17 bits per heavy atom. The predicted octanol–water partition coefficient (Wildman–Crippen LogP) is 2.31. The summed E-state index contributed by atoms with van der Waals surface area (Å²) in [6.45, 7) is 8.17. The fourth-order valence-electron chi connectivity index (χ4n) is 3.28. The summed E-state index contributed by atoms with van der Waals surface area (Å²) >= 11 is 0. The minimum absolute atomic E-state index is 0.0283. The molecule has 1 aliphatic heterocycles. The molecule has 1 fully saturated rings. The zero-order chi connectivity index (χ0) is 17.4. The van der Waals surface area contributed by atoms with Gasteiger partial charge in [-0.15, -0.1) is 0 Å². The van der Waals surface area contributed by atoms with Crippen molar-refractivity contribution in [3.63, 3.8) is 0 Å². The van der Waals surface area contributed by atoms with Gasteiger partial charge in [0.1, 0.15) is 0 Å². The summed E-state index contributed by atoms with van der Waals surface area (Å²) in [5, 5.41) is 12.3. The molecule has 2 unspecified atom stereocenters. The number of urea groups is 1. The Kier molecular flexibility index (Phi) is 7.53. The van der Waals surface area contributed by atoms with Crippen molar-refractivity contribution in [1.82, 2.24) is 15.1 Å². The average Bonchev–Trinajstić information content (AvgIpc) is 2.60. The average molecular weight is 333 g/mol. The van der Waals surface area contributed by atoms with E-state index in [0.717, 1.165) is 24.6 Å². The van der Waals surface area contributed by atoms with Crippen molar-refractivity contribution < 1.29 is 9.90 Å². The van der Waals surface area contributed by atoms with Crippen molar-refractivity contribution in [3.8, 4) is 0 Å². The number of aliphatic hydroxyl groups is 1. The van der Waals surface area contributed by atoms with Gasteiger partial charge in [-0.05, 0) is 37.8 Å². The van der Waals surface area contributed by atoms with Crippen molar-refractivity contribution in [2.24, 2.45) is 5.92 Å². The molecule has 5 nitrogen and oxygen atoms in total. The van der Waals surface area contributed by atoms with E-state index in [4.69, 9.17) is 0 Å². The van der Waals surface area contributed by atoms with Crippen LogP contribution in [0.5, 0.6) is 0 Å². The summed E-state index contributed by atoms with van der Waals surface area (Å²) in [6, 6.07) is 10.1. The number of carbonyl (C=O) groups is 1. The number of nitrogens with zero attached hydrogens (tertiary/aromatic N) is 2. The van der Waals surface area contributed by atoms with Gasteiger partial charge in [0.25, 0.3) is 0 Å². The normalized spacial score (nSPS) is 19.7. The van der Waals surface area contributed by atoms with Crippen molar-refractivity contribution in [3.05, 3.63) is 35.9 Å². The van der Waals surface area contributed by atoms with Gasteiger partial charge in [-0.25, -0.2) is 4.79 Å². The van der Waals surface area contributed by atoms with Crippen LogP contribution in [0.2, 0.25) is 0 Å². The number of rotatable bonds is 7. The van der Waals surface area contributed by atoms with Gasteiger partial charge in [-0.2, -0.15) is 0 Å². The first-order chi connectivity index (χ1) is 11.6. The van der Waals surface area contributed by atoms with Crippen molar-refractivity contribution in [1.29, 1.82) is 0 Å². The summed E-state index contributed by atoms with van der Waals surface area (Å²) in [5.74, 6) is 0.737. The lowest BCUT2D eigenvalue weighted by Gasteiger charge is -2.36. The molecule has 24 heavy (non-hydrogen) atoms. The molecule has 0 spiro atoms. The van der Waals surface area contributed by atoms with Crippen molar-refractivity contribution in [2.45, 2.75) is 39.3 Å². The minimum atomic E-state index is -0.107. The first kappa shape index (κ1) is 18.7. The van der Waals surface area contributed by atoms with E-state index >= 15 is 0 Å². The van der Waals surface area contributed by atoms with Crippen molar-refractivity contribution in [2.75, 3.05) is 32.8 Å². The third-order valence-electron chi connectivity index (χ3n) is 4.73. The van der Waals surface area contributed by atoms with E-state index in [0.29, 0.717) is 25.7 Å². The minimum Gasteiger partial charge on any atom is -0.395 e. The van der Waals surface area contributed by atoms with Gasteiger partial charge in [0.15, 0.2) is 0 Å². The SMILES string of the molecule is CC1CCCN(C(C)CNC(=O)N(CCO)Cc2ccccc2)C1. The molecule has 1 aliphatic rings. The first-order valence-corrected chi connectivity index (χ1v) is 9.01. The molecule has 0 radical (unpaired) electrons. The van der Waals surface area contributed by atoms with Crippen LogP contribution in [0, 0.1) is 5.92 Å². The molecule has 0 bridgehead atoms. The third-order valence-corrected chi connectivity index (χ3v) is 4.73. The first-order valence-electron chi connectivity index (χ1n) is 9.01. The summed E-state index contributed by atoms with van der Waals surface area (Å²) in [7, 11) is 0. The summed E-state index contributed by atoms with van der Waals surface area (Å²) < 4.78 is 0. The van der Waals surface area contributed by atoms with Crippen molar-refractivity contribution >= 4 is 6.03 Å². The molecule has 1 heterocycles. The van der Waals surface area contributed by atoms with Gasteiger partial charge in [-0.3, -0.25) is 4.90 Å². The van der Waals surface area contributed by atoms with Crippen LogP contribution in [-0.4, -0.2) is 59.8 Å². The molecule has 1 aromatic rings. The number of piperidine rings is 1. The fourth-order valence-corrected chi connectivity index (χ4v) is 3.28. The standard InChI is InChI=1S/C19H31N3O2/c1-16-7-6-10-21(14-16)17(2)13-20-19(24)22(11-12-23)15-18-8-4-3-5-9-18/h3-5,8-9,16-17,23H,6-7,10-15H2,1-2H3,(H,20,24). The van der Waals surface area contributed by atoms with E-state index in [1.54, 1.807) is 4.90 Å². The predicted molar refractivity (Wildman–Crippen MR) is 96.8 cm³/mol. The molecule has 0 aromatic heterocycles. The highest BCUT2D eigenvalue weighted by molar-refractivity contribution is 5.74. The Hall–Kier alpha value is -1.59. The molecule has 2 atom stereocenters. The Bertz CT molecular complexity index is 495. The highest BCUT2D eigenvalue weighted by Gasteiger charge is 2.22. The van der Waals surface area contributed by atoms with E-state index in [1.807, 2.05) is 30.3 Å². The number of hydrogen-bond acceptors (Lipinski definition) is 3. The van der Waals surface area contributed by atoms with E-state index in [9.17, 15) is 9.90 Å². The molecule has 1 aromatic carbocycles. The molecule has 134 valence electrons. The van der Waals surface area contributed by atoms with E-state index in [1.165, 1.54) is 12.8 Å². The maximum absolute atomic E-state index is 12.5. The second-order valence-electron chi connectivity index (χ2n) is 6.91. The molecule has 0 aliphatic carbocycles. The molecule has 2 rings (SSSR count). The van der Waals surface area contributed by atoms with Crippen LogP contribution in [0.25, 0.3) is 0 Å². The summed E-state index contributed by atoms with van der Waals surface area (Å²) in [4.78, 5) is 16.6. The number of hydrogen-bond donors (Lipinski definition) is 2. The topological polar surface area (TPSA) is 55.8 Å². The van der Waals surface area contributed by atoms with Crippen LogP contribution in [0.3, 0.4) is 0 Å². The second kappa shape index (κ2) is 9.64. The summed E-state index contributed by atoms with van der Waals surface area (Å²) in [5.41, 5.74) is 1.07. The van der Waals surface area contributed by atoms with Crippen LogP contribution < -0.4 is 5.32 Å².